The Bertz CT molecular complexity index is 865. The van der Waals surface area contributed by atoms with Crippen molar-refractivity contribution in [3.05, 3.63) is 75.3 Å². The fourth-order valence-electron chi connectivity index (χ4n) is 1.98. The van der Waals surface area contributed by atoms with E-state index < -0.39 is 29.3 Å². The molecule has 9 heteroatoms. The highest BCUT2D eigenvalue weighted by molar-refractivity contribution is 5.96. The number of esters is 1. The van der Waals surface area contributed by atoms with Crippen molar-refractivity contribution < 1.29 is 24.0 Å². The Morgan fingerprint density at radius 3 is 2.42 bits per heavy atom. The van der Waals surface area contributed by atoms with E-state index in [1.807, 2.05) is 13.0 Å². The minimum Gasteiger partial charge on any atom is -0.452 e. The van der Waals surface area contributed by atoms with Gasteiger partial charge in [-0.2, -0.15) is 0 Å². The number of aryl methyl sites for hydroxylation is 1. The summed E-state index contributed by atoms with van der Waals surface area (Å²) in [6.45, 7) is 1.22. The molecule has 0 aliphatic heterocycles. The number of hydrazine groups is 1. The quantitative estimate of drug-likeness (QED) is 0.474. The molecule has 0 atom stereocenters. The molecule has 0 aliphatic rings. The van der Waals surface area contributed by atoms with E-state index in [4.69, 9.17) is 4.74 Å². The number of rotatable bonds is 5. The van der Waals surface area contributed by atoms with Gasteiger partial charge in [0.15, 0.2) is 6.61 Å². The van der Waals surface area contributed by atoms with Gasteiger partial charge in [-0.25, -0.2) is 4.79 Å². The standard InChI is InChI=1S/C17H15N3O6/c1-11-4-2-6-13(8-11)17(23)26-10-15(21)18-19-16(22)12-5-3-7-14(9-12)20(24)25/h2-9H,10H2,1H3,(H,18,21)(H,19,22). The molecule has 0 bridgehead atoms. The fraction of sp³-hybridized carbons (Fsp3) is 0.118. The Hall–Kier alpha value is -3.75. The number of nitro benzene ring substituents is 1. The molecule has 0 unspecified atom stereocenters. The summed E-state index contributed by atoms with van der Waals surface area (Å²) in [7, 11) is 0. The molecule has 26 heavy (non-hydrogen) atoms. The second-order valence-electron chi connectivity index (χ2n) is 5.26. The normalized spacial score (nSPS) is 9.88. The lowest BCUT2D eigenvalue weighted by molar-refractivity contribution is -0.384. The van der Waals surface area contributed by atoms with Crippen molar-refractivity contribution in [1.29, 1.82) is 0 Å². The first-order chi connectivity index (χ1) is 12.4. The molecule has 0 radical (unpaired) electrons. The zero-order chi connectivity index (χ0) is 19.1. The van der Waals surface area contributed by atoms with Gasteiger partial charge in [0, 0.05) is 17.7 Å². The van der Waals surface area contributed by atoms with Crippen LogP contribution in [0.1, 0.15) is 26.3 Å². The van der Waals surface area contributed by atoms with Crippen molar-refractivity contribution in [1.82, 2.24) is 10.9 Å². The van der Waals surface area contributed by atoms with Gasteiger partial charge >= 0.3 is 5.97 Å². The maximum atomic E-state index is 11.9. The molecule has 2 amide bonds. The van der Waals surface area contributed by atoms with Gasteiger partial charge in [-0.15, -0.1) is 0 Å². The van der Waals surface area contributed by atoms with Crippen molar-refractivity contribution in [3.8, 4) is 0 Å². The van der Waals surface area contributed by atoms with E-state index in [2.05, 4.69) is 10.9 Å². The van der Waals surface area contributed by atoms with Gasteiger partial charge in [0.1, 0.15) is 0 Å². The van der Waals surface area contributed by atoms with Crippen molar-refractivity contribution >= 4 is 23.5 Å². The van der Waals surface area contributed by atoms with Crippen LogP contribution in [0.15, 0.2) is 48.5 Å². The number of nitrogens with zero attached hydrogens (tertiary/aromatic N) is 1. The summed E-state index contributed by atoms with van der Waals surface area (Å²) < 4.78 is 4.84. The van der Waals surface area contributed by atoms with Crippen LogP contribution in [0, 0.1) is 17.0 Å². The molecule has 0 fully saturated rings. The molecule has 0 aliphatic carbocycles. The molecule has 0 saturated heterocycles. The van der Waals surface area contributed by atoms with E-state index in [1.165, 1.54) is 18.2 Å². The van der Waals surface area contributed by atoms with E-state index in [9.17, 15) is 24.5 Å². The molecular formula is C17H15N3O6. The summed E-state index contributed by atoms with van der Waals surface area (Å²) >= 11 is 0. The van der Waals surface area contributed by atoms with Crippen molar-refractivity contribution in [2.45, 2.75) is 6.92 Å². The van der Waals surface area contributed by atoms with Crippen LogP contribution in [0.3, 0.4) is 0 Å². The van der Waals surface area contributed by atoms with Crippen molar-refractivity contribution in [3.63, 3.8) is 0 Å². The molecule has 9 nitrogen and oxygen atoms in total. The van der Waals surface area contributed by atoms with Gasteiger partial charge in [-0.1, -0.05) is 23.8 Å². The van der Waals surface area contributed by atoms with Crippen molar-refractivity contribution in [2.24, 2.45) is 0 Å². The monoisotopic (exact) mass is 357 g/mol. The first kappa shape index (κ1) is 18.6. The highest BCUT2D eigenvalue weighted by Crippen LogP contribution is 2.12. The predicted molar refractivity (Wildman–Crippen MR) is 90.2 cm³/mol. The molecular weight excluding hydrogens is 342 g/mol. The number of hydrogen-bond acceptors (Lipinski definition) is 6. The Morgan fingerprint density at radius 2 is 1.73 bits per heavy atom. The molecule has 0 heterocycles. The lowest BCUT2D eigenvalue weighted by Gasteiger charge is -2.08. The van der Waals surface area contributed by atoms with Crippen LogP contribution >= 0.6 is 0 Å². The van der Waals surface area contributed by atoms with Crippen LogP contribution in [0.5, 0.6) is 0 Å². The molecule has 2 N–H and O–H groups in total. The Balaban J connectivity index is 1.83. The van der Waals surface area contributed by atoms with E-state index in [1.54, 1.807) is 18.2 Å². The highest BCUT2D eigenvalue weighted by atomic mass is 16.6. The molecule has 134 valence electrons. The largest absolute Gasteiger partial charge is 0.452 e. The van der Waals surface area contributed by atoms with E-state index in [-0.39, 0.29) is 11.3 Å². The minimum atomic E-state index is -0.759. The number of carbonyl (C=O) groups excluding carboxylic acids is 3. The van der Waals surface area contributed by atoms with E-state index >= 15 is 0 Å². The Labute approximate surface area is 148 Å². The summed E-state index contributed by atoms with van der Waals surface area (Å²) in [4.78, 5) is 45.4. The number of carbonyl (C=O) groups is 3. The van der Waals surface area contributed by atoms with Crippen LogP contribution in [0.25, 0.3) is 0 Å². The Morgan fingerprint density at radius 1 is 1.04 bits per heavy atom. The zero-order valence-electron chi connectivity index (χ0n) is 13.7. The van der Waals surface area contributed by atoms with Crippen LogP contribution in [-0.4, -0.2) is 29.3 Å². The van der Waals surface area contributed by atoms with Crippen molar-refractivity contribution in [2.75, 3.05) is 6.61 Å². The molecule has 2 rings (SSSR count). The fourth-order valence-corrected chi connectivity index (χ4v) is 1.98. The summed E-state index contributed by atoms with van der Waals surface area (Å²) in [6.07, 6.45) is 0. The van der Waals surface area contributed by atoms with E-state index in [0.717, 1.165) is 11.6 Å². The summed E-state index contributed by atoms with van der Waals surface area (Å²) in [6, 6.07) is 11.7. The number of benzene rings is 2. The highest BCUT2D eigenvalue weighted by Gasteiger charge is 2.13. The molecule has 2 aromatic rings. The third-order valence-electron chi connectivity index (χ3n) is 3.22. The van der Waals surface area contributed by atoms with Crippen LogP contribution in [0.2, 0.25) is 0 Å². The number of ether oxygens (including phenoxy) is 1. The smallest absolute Gasteiger partial charge is 0.338 e. The topological polar surface area (TPSA) is 128 Å². The molecule has 0 aromatic heterocycles. The average molecular weight is 357 g/mol. The molecule has 0 saturated carbocycles. The maximum Gasteiger partial charge on any atom is 0.338 e. The van der Waals surface area contributed by atoms with Crippen LogP contribution < -0.4 is 10.9 Å². The van der Waals surface area contributed by atoms with Gasteiger partial charge in [0.2, 0.25) is 0 Å². The first-order valence-electron chi connectivity index (χ1n) is 7.44. The zero-order valence-corrected chi connectivity index (χ0v) is 13.7. The SMILES string of the molecule is Cc1cccc(C(=O)OCC(=O)NNC(=O)c2cccc([N+](=O)[O-])c2)c1. The third kappa shape index (κ3) is 5.13. The Kier molecular flexibility index (Phi) is 5.99. The number of non-ortho nitro benzene ring substituents is 1. The number of amides is 2. The van der Waals surface area contributed by atoms with Gasteiger partial charge in [-0.3, -0.25) is 30.6 Å². The number of nitrogens with one attached hydrogen (secondary N) is 2. The van der Waals surface area contributed by atoms with Gasteiger partial charge < -0.3 is 4.74 Å². The van der Waals surface area contributed by atoms with E-state index in [0.29, 0.717) is 5.56 Å². The molecule has 0 spiro atoms. The summed E-state index contributed by atoms with van der Waals surface area (Å²) in [5, 5.41) is 10.7. The molecule has 2 aromatic carbocycles. The third-order valence-corrected chi connectivity index (χ3v) is 3.22. The van der Waals surface area contributed by atoms with Gasteiger partial charge in [-0.05, 0) is 25.1 Å². The average Bonchev–Trinajstić information content (AvgIpc) is 2.64. The van der Waals surface area contributed by atoms with Gasteiger partial charge in [0.05, 0.1) is 10.5 Å². The van der Waals surface area contributed by atoms with Crippen LogP contribution in [-0.2, 0) is 9.53 Å². The predicted octanol–water partition coefficient (Wildman–Crippen LogP) is 1.52. The first-order valence-corrected chi connectivity index (χ1v) is 7.44. The maximum absolute atomic E-state index is 11.9. The lowest BCUT2D eigenvalue weighted by atomic mass is 10.1. The second kappa shape index (κ2) is 8.38. The second-order valence-corrected chi connectivity index (χ2v) is 5.26. The number of hydrogen-bond donors (Lipinski definition) is 2. The van der Waals surface area contributed by atoms with Crippen LogP contribution in [0.4, 0.5) is 5.69 Å². The van der Waals surface area contributed by atoms with Gasteiger partial charge in [0.25, 0.3) is 17.5 Å². The number of nitro groups is 1. The minimum absolute atomic E-state index is 0.00347. The lowest BCUT2D eigenvalue weighted by Crippen LogP contribution is -2.43. The summed E-state index contributed by atoms with van der Waals surface area (Å²) in [5.74, 6) is -2.18. The summed E-state index contributed by atoms with van der Waals surface area (Å²) in [5.41, 5.74) is 5.06.